The fourth-order valence-electron chi connectivity index (χ4n) is 1.93. The van der Waals surface area contributed by atoms with E-state index in [4.69, 9.17) is 4.42 Å². The molecule has 2 heterocycles. The molecule has 18 heavy (non-hydrogen) atoms. The van der Waals surface area contributed by atoms with Gasteiger partial charge >= 0.3 is 0 Å². The highest BCUT2D eigenvalue weighted by Crippen LogP contribution is 2.25. The van der Waals surface area contributed by atoms with Gasteiger partial charge in [0.25, 0.3) is 0 Å². The predicted molar refractivity (Wildman–Crippen MR) is 71.5 cm³/mol. The Labute approximate surface area is 105 Å². The van der Waals surface area contributed by atoms with Gasteiger partial charge in [-0.1, -0.05) is 12.1 Å². The second-order valence-electron chi connectivity index (χ2n) is 4.13. The summed E-state index contributed by atoms with van der Waals surface area (Å²) in [5, 5.41) is 5.27. The molecule has 0 aliphatic carbocycles. The number of aromatic nitrogens is 2. The maximum absolute atomic E-state index is 5.53. The van der Waals surface area contributed by atoms with Crippen LogP contribution in [0.5, 0.6) is 0 Å². The van der Waals surface area contributed by atoms with Crippen molar-refractivity contribution in [1.82, 2.24) is 9.97 Å². The van der Waals surface area contributed by atoms with Crippen LogP contribution in [0.1, 0.15) is 5.89 Å². The van der Waals surface area contributed by atoms with Crippen LogP contribution in [0, 0.1) is 6.92 Å². The van der Waals surface area contributed by atoms with Gasteiger partial charge in [0.05, 0.1) is 6.20 Å². The summed E-state index contributed by atoms with van der Waals surface area (Å²) in [4.78, 5) is 8.40. The lowest BCUT2D eigenvalue weighted by molar-refractivity contribution is 0.534. The number of aryl methyl sites for hydroxylation is 1. The van der Waals surface area contributed by atoms with E-state index in [0.717, 1.165) is 27.9 Å². The van der Waals surface area contributed by atoms with E-state index >= 15 is 0 Å². The zero-order chi connectivity index (χ0) is 12.5. The molecule has 0 radical (unpaired) electrons. The van der Waals surface area contributed by atoms with E-state index in [1.54, 1.807) is 6.20 Å². The van der Waals surface area contributed by atoms with Crippen LogP contribution < -0.4 is 5.32 Å². The van der Waals surface area contributed by atoms with Gasteiger partial charge in [0.2, 0.25) is 0 Å². The standard InChI is InChI=1S/C14H13N3O/c1-9-16-8-13(18-9)10-3-4-11-7-17-14(15-2)6-12(11)5-10/h3-8H,1-2H3,(H,15,17). The van der Waals surface area contributed by atoms with E-state index in [1.165, 1.54) is 0 Å². The summed E-state index contributed by atoms with van der Waals surface area (Å²) in [6.45, 7) is 1.84. The average Bonchev–Trinajstić information content (AvgIpc) is 2.84. The van der Waals surface area contributed by atoms with E-state index in [-0.39, 0.29) is 0 Å². The quantitative estimate of drug-likeness (QED) is 0.745. The normalized spacial score (nSPS) is 10.8. The fourth-order valence-corrected chi connectivity index (χ4v) is 1.93. The second kappa shape index (κ2) is 4.14. The number of oxazole rings is 1. The van der Waals surface area contributed by atoms with Gasteiger partial charge in [0, 0.05) is 31.1 Å². The van der Waals surface area contributed by atoms with Gasteiger partial charge in [0.1, 0.15) is 5.82 Å². The molecule has 0 amide bonds. The molecule has 4 heteroatoms. The van der Waals surface area contributed by atoms with Crippen LogP contribution in [0.2, 0.25) is 0 Å². The summed E-state index contributed by atoms with van der Waals surface area (Å²) in [6, 6.07) is 8.15. The summed E-state index contributed by atoms with van der Waals surface area (Å²) in [5.74, 6) is 2.32. The number of pyridine rings is 1. The number of nitrogens with zero attached hydrogens (tertiary/aromatic N) is 2. The minimum atomic E-state index is 0.677. The number of benzene rings is 1. The molecule has 90 valence electrons. The Morgan fingerprint density at radius 3 is 2.67 bits per heavy atom. The molecule has 0 bridgehead atoms. The molecule has 0 fully saturated rings. The largest absolute Gasteiger partial charge is 0.441 e. The van der Waals surface area contributed by atoms with Gasteiger partial charge in [-0.05, 0) is 17.5 Å². The molecule has 0 atom stereocenters. The third-order valence-corrected chi connectivity index (χ3v) is 2.88. The Balaban J connectivity index is 2.14. The van der Waals surface area contributed by atoms with Gasteiger partial charge in [-0.25, -0.2) is 9.97 Å². The Bertz CT molecular complexity index is 703. The first-order chi connectivity index (χ1) is 8.76. The van der Waals surface area contributed by atoms with Crippen molar-refractivity contribution in [2.75, 3.05) is 12.4 Å². The highest BCUT2D eigenvalue weighted by molar-refractivity contribution is 5.87. The highest BCUT2D eigenvalue weighted by atomic mass is 16.4. The van der Waals surface area contributed by atoms with Crippen molar-refractivity contribution >= 4 is 16.6 Å². The van der Waals surface area contributed by atoms with Crippen molar-refractivity contribution in [2.45, 2.75) is 6.92 Å². The van der Waals surface area contributed by atoms with Crippen LogP contribution in [-0.2, 0) is 0 Å². The monoisotopic (exact) mass is 239 g/mol. The summed E-state index contributed by atoms with van der Waals surface area (Å²) < 4.78 is 5.53. The summed E-state index contributed by atoms with van der Waals surface area (Å²) in [7, 11) is 1.86. The number of rotatable bonds is 2. The summed E-state index contributed by atoms with van der Waals surface area (Å²) in [5.41, 5.74) is 1.02. The fraction of sp³-hybridized carbons (Fsp3) is 0.143. The van der Waals surface area contributed by atoms with E-state index in [2.05, 4.69) is 21.4 Å². The van der Waals surface area contributed by atoms with Crippen molar-refractivity contribution in [3.05, 3.63) is 42.5 Å². The zero-order valence-corrected chi connectivity index (χ0v) is 10.3. The Morgan fingerprint density at radius 2 is 1.94 bits per heavy atom. The molecular weight excluding hydrogens is 226 g/mol. The van der Waals surface area contributed by atoms with Crippen molar-refractivity contribution in [3.8, 4) is 11.3 Å². The van der Waals surface area contributed by atoms with Crippen molar-refractivity contribution in [2.24, 2.45) is 0 Å². The molecule has 3 rings (SSSR count). The number of fused-ring (bicyclic) bond motifs is 1. The highest BCUT2D eigenvalue weighted by Gasteiger charge is 2.05. The number of hydrogen-bond acceptors (Lipinski definition) is 4. The minimum Gasteiger partial charge on any atom is -0.441 e. The van der Waals surface area contributed by atoms with Crippen LogP contribution in [0.15, 0.2) is 41.1 Å². The first-order valence-electron chi connectivity index (χ1n) is 5.76. The smallest absolute Gasteiger partial charge is 0.191 e. The number of anilines is 1. The molecular formula is C14H13N3O. The van der Waals surface area contributed by atoms with Crippen LogP contribution in [-0.4, -0.2) is 17.0 Å². The lowest BCUT2D eigenvalue weighted by Gasteiger charge is -2.03. The van der Waals surface area contributed by atoms with E-state index in [1.807, 2.05) is 38.4 Å². The van der Waals surface area contributed by atoms with Gasteiger partial charge in [-0.3, -0.25) is 0 Å². The first-order valence-corrected chi connectivity index (χ1v) is 5.76. The third kappa shape index (κ3) is 1.82. The van der Waals surface area contributed by atoms with Crippen molar-refractivity contribution in [1.29, 1.82) is 0 Å². The zero-order valence-electron chi connectivity index (χ0n) is 10.3. The summed E-state index contributed by atoms with van der Waals surface area (Å²) in [6.07, 6.45) is 3.60. The van der Waals surface area contributed by atoms with Gasteiger partial charge < -0.3 is 9.73 Å². The van der Waals surface area contributed by atoms with Crippen LogP contribution in [0.4, 0.5) is 5.82 Å². The Morgan fingerprint density at radius 1 is 1.06 bits per heavy atom. The molecule has 0 spiro atoms. The number of nitrogens with one attached hydrogen (secondary N) is 1. The first kappa shape index (κ1) is 10.8. The SMILES string of the molecule is CNc1cc2cc(-c3cnc(C)o3)ccc2cn1. The Kier molecular flexibility index (Phi) is 2.48. The van der Waals surface area contributed by atoms with Gasteiger partial charge in [-0.2, -0.15) is 0 Å². The van der Waals surface area contributed by atoms with E-state index in [9.17, 15) is 0 Å². The van der Waals surface area contributed by atoms with Crippen LogP contribution in [0.3, 0.4) is 0 Å². The average molecular weight is 239 g/mol. The van der Waals surface area contributed by atoms with Crippen LogP contribution in [0.25, 0.3) is 22.1 Å². The number of hydrogen-bond donors (Lipinski definition) is 1. The molecule has 0 saturated heterocycles. The van der Waals surface area contributed by atoms with Crippen molar-refractivity contribution < 1.29 is 4.42 Å². The molecule has 3 aromatic rings. The topological polar surface area (TPSA) is 51.0 Å². The summed E-state index contributed by atoms with van der Waals surface area (Å²) >= 11 is 0. The molecule has 1 N–H and O–H groups in total. The lowest BCUT2D eigenvalue weighted by atomic mass is 10.1. The molecule has 0 aliphatic heterocycles. The molecule has 0 unspecified atom stereocenters. The van der Waals surface area contributed by atoms with E-state index < -0.39 is 0 Å². The Hall–Kier alpha value is -2.36. The maximum Gasteiger partial charge on any atom is 0.191 e. The molecule has 4 nitrogen and oxygen atoms in total. The lowest BCUT2D eigenvalue weighted by Crippen LogP contribution is -1.91. The second-order valence-corrected chi connectivity index (χ2v) is 4.13. The third-order valence-electron chi connectivity index (χ3n) is 2.88. The van der Waals surface area contributed by atoms with Crippen LogP contribution >= 0.6 is 0 Å². The molecule has 1 aromatic carbocycles. The predicted octanol–water partition coefficient (Wildman–Crippen LogP) is 3.24. The molecule has 2 aromatic heterocycles. The minimum absolute atomic E-state index is 0.677. The van der Waals surface area contributed by atoms with E-state index in [0.29, 0.717) is 5.89 Å². The van der Waals surface area contributed by atoms with Gasteiger partial charge in [0.15, 0.2) is 11.7 Å². The maximum atomic E-state index is 5.53. The molecule has 0 saturated carbocycles. The van der Waals surface area contributed by atoms with Gasteiger partial charge in [-0.15, -0.1) is 0 Å². The molecule has 0 aliphatic rings. The van der Waals surface area contributed by atoms with Crippen molar-refractivity contribution in [3.63, 3.8) is 0 Å².